The maximum Gasteiger partial charge on any atom is 0.155 e. The Hall–Kier alpha value is -3.65. The summed E-state index contributed by atoms with van der Waals surface area (Å²) in [6.07, 6.45) is -2.24. The monoisotopic (exact) mass is 540 g/mol. The summed E-state index contributed by atoms with van der Waals surface area (Å²) in [5.74, 6) is 0. The van der Waals surface area contributed by atoms with Crippen LogP contribution in [0.1, 0.15) is 22.3 Å². The zero-order valence-corrected chi connectivity index (χ0v) is 22.3. The number of carbonyl (C=O) groups excluding carboxylic acids is 1. The maximum atomic E-state index is 12.8. The van der Waals surface area contributed by atoms with Crippen molar-refractivity contribution in [2.24, 2.45) is 0 Å². The van der Waals surface area contributed by atoms with Crippen molar-refractivity contribution >= 4 is 6.29 Å². The fourth-order valence-electron chi connectivity index (χ4n) is 5.21. The normalized spacial score (nSPS) is 16.7. The Morgan fingerprint density at radius 1 is 0.600 bits per heavy atom. The average molecular weight is 541 g/mol. The van der Waals surface area contributed by atoms with E-state index in [4.69, 9.17) is 4.74 Å². The molecule has 0 aromatic heterocycles. The number of aliphatic hydroxyl groups is 4. The van der Waals surface area contributed by atoms with Gasteiger partial charge in [0.15, 0.2) is 11.9 Å². The molecule has 0 amide bonds. The van der Waals surface area contributed by atoms with Crippen molar-refractivity contribution < 1.29 is 30.0 Å². The lowest BCUT2D eigenvalue weighted by molar-refractivity contribution is -0.268. The molecule has 4 rings (SSSR count). The number of ether oxygens (including phenoxy) is 1. The van der Waals surface area contributed by atoms with Crippen LogP contribution < -0.4 is 0 Å². The topological polar surface area (TPSA) is 107 Å². The minimum atomic E-state index is -2.54. The van der Waals surface area contributed by atoms with Gasteiger partial charge in [0, 0.05) is 19.3 Å². The van der Waals surface area contributed by atoms with Crippen molar-refractivity contribution in [2.75, 3.05) is 6.61 Å². The third kappa shape index (κ3) is 6.55. The maximum absolute atomic E-state index is 12.8. The highest BCUT2D eigenvalue weighted by molar-refractivity contribution is 5.67. The molecule has 0 saturated carbocycles. The summed E-state index contributed by atoms with van der Waals surface area (Å²) in [5, 5.41) is 48.6. The summed E-state index contributed by atoms with van der Waals surface area (Å²) in [5.41, 5.74) is -4.80. The van der Waals surface area contributed by atoms with Crippen LogP contribution in [0.25, 0.3) is 0 Å². The fourth-order valence-corrected chi connectivity index (χ4v) is 5.21. The Kier molecular flexibility index (Phi) is 9.63. The standard InChI is InChI=1S/C34H36O6/c35-26-32(37,21-27-13-5-1-6-14-27)34(39,23-29-17-9-3-10-18-29)33(38,22-28-15-7-2-8-16-28)31(36)25-40-24-30-19-11-4-12-20-30/h1-20,26,31,36-39H,21-25H2. The van der Waals surface area contributed by atoms with Crippen LogP contribution in [0.2, 0.25) is 0 Å². The van der Waals surface area contributed by atoms with Crippen LogP contribution in [0, 0.1) is 0 Å². The Morgan fingerprint density at radius 3 is 1.45 bits per heavy atom. The Balaban J connectivity index is 1.78. The van der Waals surface area contributed by atoms with Gasteiger partial charge < -0.3 is 30.0 Å². The molecule has 4 N–H and O–H groups in total. The minimum absolute atomic E-state index is 0.165. The summed E-state index contributed by atoms with van der Waals surface area (Å²) >= 11 is 0. The van der Waals surface area contributed by atoms with E-state index in [0.29, 0.717) is 16.7 Å². The number of carbonyl (C=O) groups is 1. The summed E-state index contributed by atoms with van der Waals surface area (Å²) in [4.78, 5) is 12.8. The van der Waals surface area contributed by atoms with Crippen LogP contribution in [0.4, 0.5) is 0 Å². The van der Waals surface area contributed by atoms with Gasteiger partial charge in [0.2, 0.25) is 0 Å². The first-order chi connectivity index (χ1) is 19.3. The van der Waals surface area contributed by atoms with Gasteiger partial charge in [-0.2, -0.15) is 0 Å². The van der Waals surface area contributed by atoms with E-state index >= 15 is 0 Å². The second-order valence-electron chi connectivity index (χ2n) is 10.3. The molecular formula is C34H36O6. The van der Waals surface area contributed by atoms with Gasteiger partial charge in [-0.3, -0.25) is 0 Å². The van der Waals surface area contributed by atoms with Crippen molar-refractivity contribution in [1.82, 2.24) is 0 Å². The van der Waals surface area contributed by atoms with Gasteiger partial charge in [0.25, 0.3) is 0 Å². The molecule has 0 saturated heterocycles. The fraction of sp³-hybridized carbons (Fsp3) is 0.265. The molecule has 0 radical (unpaired) electrons. The number of rotatable bonds is 14. The van der Waals surface area contributed by atoms with E-state index in [1.54, 1.807) is 84.9 Å². The van der Waals surface area contributed by atoms with Crippen LogP contribution in [-0.4, -0.2) is 56.2 Å². The second-order valence-corrected chi connectivity index (χ2v) is 10.3. The zero-order valence-electron chi connectivity index (χ0n) is 22.3. The number of benzene rings is 4. The van der Waals surface area contributed by atoms with Gasteiger partial charge in [-0.1, -0.05) is 121 Å². The predicted molar refractivity (Wildman–Crippen MR) is 153 cm³/mol. The average Bonchev–Trinajstić information content (AvgIpc) is 2.99. The van der Waals surface area contributed by atoms with Gasteiger partial charge in [-0.25, -0.2) is 0 Å². The van der Waals surface area contributed by atoms with E-state index < -0.39 is 22.9 Å². The van der Waals surface area contributed by atoms with E-state index in [1.165, 1.54) is 0 Å². The van der Waals surface area contributed by atoms with Gasteiger partial charge in [-0.05, 0) is 22.3 Å². The van der Waals surface area contributed by atoms with Gasteiger partial charge in [0.05, 0.1) is 13.2 Å². The first-order valence-electron chi connectivity index (χ1n) is 13.3. The molecule has 6 heteroatoms. The summed E-state index contributed by atoms with van der Waals surface area (Å²) in [6, 6.07) is 35.8. The lowest BCUT2D eigenvalue weighted by Gasteiger charge is -2.52. The SMILES string of the molecule is O=CC(O)(Cc1ccccc1)C(O)(Cc1ccccc1)C(O)(Cc1ccccc1)C(O)COCc1ccccc1. The third-order valence-corrected chi connectivity index (χ3v) is 7.50. The van der Waals surface area contributed by atoms with Crippen molar-refractivity contribution in [3.05, 3.63) is 144 Å². The molecule has 4 atom stereocenters. The molecule has 4 aromatic rings. The van der Waals surface area contributed by atoms with Crippen LogP contribution >= 0.6 is 0 Å². The largest absolute Gasteiger partial charge is 0.388 e. The summed E-state index contributed by atoms with van der Waals surface area (Å²) in [6.45, 7) is -0.187. The Labute approximate surface area is 235 Å². The minimum Gasteiger partial charge on any atom is -0.388 e. The van der Waals surface area contributed by atoms with Crippen molar-refractivity contribution in [3.8, 4) is 0 Å². The highest BCUT2D eigenvalue weighted by Gasteiger charge is 2.64. The lowest BCUT2D eigenvalue weighted by atomic mass is 9.62. The molecule has 0 spiro atoms. The van der Waals surface area contributed by atoms with Crippen LogP contribution in [0.15, 0.2) is 121 Å². The quantitative estimate of drug-likeness (QED) is 0.182. The van der Waals surface area contributed by atoms with Gasteiger partial charge >= 0.3 is 0 Å². The molecule has 4 aromatic carbocycles. The van der Waals surface area contributed by atoms with Crippen LogP contribution in [0.5, 0.6) is 0 Å². The van der Waals surface area contributed by atoms with Gasteiger partial charge in [0.1, 0.15) is 17.3 Å². The molecule has 0 aliphatic heterocycles. The van der Waals surface area contributed by atoms with E-state index in [0.717, 1.165) is 5.56 Å². The highest BCUT2D eigenvalue weighted by atomic mass is 16.5. The number of aliphatic hydroxyl groups excluding tert-OH is 1. The Morgan fingerprint density at radius 2 is 1.00 bits per heavy atom. The van der Waals surface area contributed by atoms with Crippen LogP contribution in [-0.2, 0) is 35.4 Å². The van der Waals surface area contributed by atoms with E-state index in [9.17, 15) is 25.2 Å². The smallest absolute Gasteiger partial charge is 0.155 e. The van der Waals surface area contributed by atoms with E-state index in [-0.39, 0.29) is 38.8 Å². The van der Waals surface area contributed by atoms with Crippen molar-refractivity contribution in [2.45, 2.75) is 48.8 Å². The molecule has 0 aliphatic carbocycles. The van der Waals surface area contributed by atoms with Crippen LogP contribution in [0.3, 0.4) is 0 Å². The number of hydrogen-bond donors (Lipinski definition) is 4. The van der Waals surface area contributed by atoms with Crippen molar-refractivity contribution in [3.63, 3.8) is 0 Å². The lowest BCUT2D eigenvalue weighted by Crippen LogP contribution is -2.75. The molecule has 0 bridgehead atoms. The highest BCUT2D eigenvalue weighted by Crippen LogP contribution is 2.42. The predicted octanol–water partition coefficient (Wildman–Crippen LogP) is 3.68. The van der Waals surface area contributed by atoms with E-state index in [2.05, 4.69) is 0 Å². The molecular weight excluding hydrogens is 504 g/mol. The molecule has 208 valence electrons. The second kappa shape index (κ2) is 13.1. The van der Waals surface area contributed by atoms with Gasteiger partial charge in [-0.15, -0.1) is 0 Å². The first kappa shape index (κ1) is 29.3. The summed E-state index contributed by atoms with van der Waals surface area (Å²) < 4.78 is 5.78. The molecule has 40 heavy (non-hydrogen) atoms. The molecule has 6 nitrogen and oxygen atoms in total. The van der Waals surface area contributed by atoms with E-state index in [1.807, 2.05) is 36.4 Å². The molecule has 0 heterocycles. The zero-order chi connectivity index (χ0) is 28.5. The Bertz CT molecular complexity index is 1320. The number of hydrogen-bond acceptors (Lipinski definition) is 6. The first-order valence-corrected chi connectivity index (χ1v) is 13.3. The molecule has 0 aliphatic rings. The van der Waals surface area contributed by atoms with Crippen molar-refractivity contribution in [1.29, 1.82) is 0 Å². The number of aldehydes is 1. The molecule has 4 unspecified atom stereocenters. The molecule has 0 fully saturated rings. The summed E-state index contributed by atoms with van der Waals surface area (Å²) in [7, 11) is 0. The third-order valence-electron chi connectivity index (χ3n) is 7.50.